The van der Waals surface area contributed by atoms with Gasteiger partial charge in [0.15, 0.2) is 0 Å². The number of piperidine rings is 1. The summed E-state index contributed by atoms with van der Waals surface area (Å²) < 4.78 is 7.36. The third-order valence-corrected chi connectivity index (χ3v) is 5.86. The van der Waals surface area contributed by atoms with Gasteiger partial charge in [-0.2, -0.15) is 5.10 Å². The SMILES string of the molecule is Cn1nc(-c2ccc(OCCCN3CCCCC3)cc2)cc(Cc2ccccc2)c1=O. The molecule has 0 N–H and O–H groups in total. The smallest absolute Gasteiger partial charge is 0.270 e. The molecule has 2 aromatic carbocycles. The summed E-state index contributed by atoms with van der Waals surface area (Å²) in [6.45, 7) is 4.31. The highest BCUT2D eigenvalue weighted by molar-refractivity contribution is 5.60. The van der Waals surface area contributed by atoms with Crippen LogP contribution in [0.5, 0.6) is 5.75 Å². The Morgan fingerprint density at radius 3 is 2.45 bits per heavy atom. The van der Waals surface area contributed by atoms with E-state index < -0.39 is 0 Å². The zero-order chi connectivity index (χ0) is 21.5. The second-order valence-electron chi connectivity index (χ2n) is 8.27. The molecule has 162 valence electrons. The molecule has 31 heavy (non-hydrogen) atoms. The third-order valence-electron chi connectivity index (χ3n) is 5.86. The van der Waals surface area contributed by atoms with Gasteiger partial charge in [-0.15, -0.1) is 0 Å². The molecule has 0 saturated carbocycles. The van der Waals surface area contributed by atoms with Crippen LogP contribution in [0, 0.1) is 0 Å². The number of hydrogen-bond acceptors (Lipinski definition) is 4. The monoisotopic (exact) mass is 417 g/mol. The summed E-state index contributed by atoms with van der Waals surface area (Å²) in [6.07, 6.45) is 5.68. The first-order chi connectivity index (χ1) is 15.2. The Morgan fingerprint density at radius 2 is 1.71 bits per heavy atom. The predicted octanol–water partition coefficient (Wildman–Crippen LogP) is 4.29. The van der Waals surface area contributed by atoms with Gasteiger partial charge in [-0.3, -0.25) is 4.79 Å². The van der Waals surface area contributed by atoms with E-state index in [0.717, 1.165) is 47.7 Å². The van der Waals surface area contributed by atoms with Gasteiger partial charge in [0.25, 0.3) is 5.56 Å². The predicted molar refractivity (Wildman–Crippen MR) is 125 cm³/mol. The van der Waals surface area contributed by atoms with Gasteiger partial charge in [0, 0.05) is 31.1 Å². The number of aromatic nitrogens is 2. The van der Waals surface area contributed by atoms with E-state index in [0.29, 0.717) is 6.42 Å². The van der Waals surface area contributed by atoms with Gasteiger partial charge in [0.1, 0.15) is 5.75 Å². The third kappa shape index (κ3) is 5.82. The topological polar surface area (TPSA) is 47.4 Å². The minimum atomic E-state index is -0.0544. The highest BCUT2D eigenvalue weighted by atomic mass is 16.5. The van der Waals surface area contributed by atoms with Crippen molar-refractivity contribution in [2.75, 3.05) is 26.2 Å². The molecule has 2 heterocycles. The number of aryl methyl sites for hydroxylation is 1. The van der Waals surface area contributed by atoms with Crippen LogP contribution in [0.3, 0.4) is 0 Å². The van der Waals surface area contributed by atoms with Crippen molar-refractivity contribution in [3.8, 4) is 17.0 Å². The molecule has 1 aromatic heterocycles. The molecule has 5 nitrogen and oxygen atoms in total. The lowest BCUT2D eigenvalue weighted by molar-refractivity contribution is 0.205. The molecule has 1 aliphatic heterocycles. The van der Waals surface area contributed by atoms with Crippen LogP contribution in [-0.2, 0) is 13.5 Å². The summed E-state index contributed by atoms with van der Waals surface area (Å²) in [7, 11) is 1.71. The Bertz CT molecular complexity index is 1020. The molecule has 0 radical (unpaired) electrons. The fraction of sp³-hybridized carbons (Fsp3) is 0.385. The molecular formula is C26H31N3O2. The number of hydrogen-bond donors (Lipinski definition) is 0. The first-order valence-electron chi connectivity index (χ1n) is 11.3. The summed E-state index contributed by atoms with van der Waals surface area (Å²) in [6, 6.07) is 20.0. The average molecular weight is 418 g/mol. The van der Waals surface area contributed by atoms with Crippen LogP contribution in [0.1, 0.15) is 36.8 Å². The van der Waals surface area contributed by atoms with Gasteiger partial charge in [-0.1, -0.05) is 36.8 Å². The maximum atomic E-state index is 12.5. The molecule has 0 bridgehead atoms. The lowest BCUT2D eigenvalue weighted by atomic mass is 10.0. The van der Waals surface area contributed by atoms with E-state index >= 15 is 0 Å². The average Bonchev–Trinajstić information content (AvgIpc) is 2.81. The molecule has 1 aliphatic rings. The Morgan fingerprint density at radius 1 is 0.968 bits per heavy atom. The summed E-state index contributed by atoms with van der Waals surface area (Å²) in [5.74, 6) is 0.872. The van der Waals surface area contributed by atoms with Crippen molar-refractivity contribution in [2.24, 2.45) is 7.05 Å². The Balaban J connectivity index is 1.38. The van der Waals surface area contributed by atoms with Crippen LogP contribution >= 0.6 is 0 Å². The fourth-order valence-corrected chi connectivity index (χ4v) is 4.14. The summed E-state index contributed by atoms with van der Waals surface area (Å²) >= 11 is 0. The molecule has 0 unspecified atom stereocenters. The van der Waals surface area contributed by atoms with E-state index in [1.165, 1.54) is 37.0 Å². The Kier molecular flexibility index (Phi) is 7.15. The summed E-state index contributed by atoms with van der Waals surface area (Å²) in [4.78, 5) is 15.1. The zero-order valence-corrected chi connectivity index (χ0v) is 18.3. The number of ether oxygens (including phenoxy) is 1. The van der Waals surface area contributed by atoms with Crippen LogP contribution in [0.25, 0.3) is 11.3 Å². The van der Waals surface area contributed by atoms with Gasteiger partial charge in [0.2, 0.25) is 0 Å². The van der Waals surface area contributed by atoms with Crippen molar-refractivity contribution in [1.82, 2.24) is 14.7 Å². The van der Waals surface area contributed by atoms with Crippen LogP contribution in [0.4, 0.5) is 0 Å². The molecule has 3 aromatic rings. The van der Waals surface area contributed by atoms with Gasteiger partial charge in [-0.05, 0) is 68.2 Å². The van der Waals surface area contributed by atoms with E-state index in [1.54, 1.807) is 7.05 Å². The quantitative estimate of drug-likeness (QED) is 0.513. The second kappa shape index (κ2) is 10.4. The van der Waals surface area contributed by atoms with E-state index in [1.807, 2.05) is 60.7 Å². The highest BCUT2D eigenvalue weighted by Crippen LogP contribution is 2.21. The maximum Gasteiger partial charge on any atom is 0.270 e. The standard InChI is InChI=1S/C26H31N3O2/c1-28-26(30)23(19-21-9-4-2-5-10-21)20-25(27-28)22-11-13-24(14-12-22)31-18-8-17-29-15-6-3-7-16-29/h2,4-5,9-14,20H,3,6-8,15-19H2,1H3. The van der Waals surface area contributed by atoms with Crippen molar-refractivity contribution < 1.29 is 4.74 Å². The molecule has 0 amide bonds. The van der Waals surface area contributed by atoms with Crippen LogP contribution in [-0.4, -0.2) is 40.9 Å². The molecule has 0 aliphatic carbocycles. The van der Waals surface area contributed by atoms with Crippen molar-refractivity contribution in [3.63, 3.8) is 0 Å². The molecule has 0 spiro atoms. The Labute approximate surface area is 184 Å². The first-order valence-corrected chi connectivity index (χ1v) is 11.3. The second-order valence-corrected chi connectivity index (χ2v) is 8.27. The lowest BCUT2D eigenvalue weighted by Crippen LogP contribution is -2.31. The van der Waals surface area contributed by atoms with Gasteiger partial charge >= 0.3 is 0 Å². The molecule has 5 heteroatoms. The summed E-state index contributed by atoms with van der Waals surface area (Å²) in [5.41, 5.74) is 3.58. The van der Waals surface area contributed by atoms with Crippen LogP contribution < -0.4 is 10.3 Å². The highest BCUT2D eigenvalue weighted by Gasteiger charge is 2.10. The largest absolute Gasteiger partial charge is 0.494 e. The van der Waals surface area contributed by atoms with Crippen LogP contribution in [0.15, 0.2) is 65.5 Å². The van der Waals surface area contributed by atoms with E-state index in [9.17, 15) is 4.79 Å². The molecule has 0 atom stereocenters. The number of nitrogens with zero attached hydrogens (tertiary/aromatic N) is 3. The number of rotatable bonds is 8. The normalized spacial score (nSPS) is 14.5. The minimum Gasteiger partial charge on any atom is -0.494 e. The van der Waals surface area contributed by atoms with Crippen molar-refractivity contribution in [3.05, 3.63) is 82.1 Å². The van der Waals surface area contributed by atoms with Gasteiger partial charge < -0.3 is 9.64 Å². The van der Waals surface area contributed by atoms with Crippen molar-refractivity contribution in [2.45, 2.75) is 32.1 Å². The number of benzene rings is 2. The van der Waals surface area contributed by atoms with Crippen LogP contribution in [0.2, 0.25) is 0 Å². The molecule has 1 fully saturated rings. The summed E-state index contributed by atoms with van der Waals surface area (Å²) in [5, 5.41) is 4.46. The minimum absolute atomic E-state index is 0.0544. The maximum absolute atomic E-state index is 12.5. The zero-order valence-electron chi connectivity index (χ0n) is 18.3. The lowest BCUT2D eigenvalue weighted by Gasteiger charge is -2.26. The van der Waals surface area contributed by atoms with Gasteiger partial charge in [0.05, 0.1) is 12.3 Å². The Hall–Kier alpha value is -2.92. The van der Waals surface area contributed by atoms with Crippen molar-refractivity contribution >= 4 is 0 Å². The van der Waals surface area contributed by atoms with E-state index in [4.69, 9.17) is 4.74 Å². The first kappa shape index (κ1) is 21.3. The molecule has 1 saturated heterocycles. The van der Waals surface area contributed by atoms with E-state index in [-0.39, 0.29) is 5.56 Å². The number of likely N-dealkylation sites (tertiary alicyclic amines) is 1. The fourth-order valence-electron chi connectivity index (χ4n) is 4.14. The van der Waals surface area contributed by atoms with Crippen molar-refractivity contribution in [1.29, 1.82) is 0 Å². The van der Waals surface area contributed by atoms with Gasteiger partial charge in [-0.25, -0.2) is 4.68 Å². The molecular weight excluding hydrogens is 386 g/mol. The molecule has 4 rings (SSSR count). The van der Waals surface area contributed by atoms with E-state index in [2.05, 4.69) is 10.00 Å².